The summed E-state index contributed by atoms with van der Waals surface area (Å²) in [5.41, 5.74) is 6.76. The van der Waals surface area contributed by atoms with Gasteiger partial charge in [-0.1, -0.05) is 0 Å². The molecule has 0 aromatic heterocycles. The van der Waals surface area contributed by atoms with Crippen LogP contribution in [0.2, 0.25) is 0 Å². The van der Waals surface area contributed by atoms with Crippen molar-refractivity contribution in [3.05, 3.63) is 23.8 Å². The first-order valence-corrected chi connectivity index (χ1v) is 4.80. The number of hydrogen-bond donors (Lipinski definition) is 1. The van der Waals surface area contributed by atoms with E-state index in [9.17, 15) is 4.79 Å². The van der Waals surface area contributed by atoms with Gasteiger partial charge < -0.3 is 15.4 Å². The van der Waals surface area contributed by atoms with Gasteiger partial charge in [-0.25, -0.2) is 0 Å². The second-order valence-electron chi connectivity index (χ2n) is 3.39. The fourth-order valence-corrected chi connectivity index (χ4v) is 1.23. The van der Waals surface area contributed by atoms with Crippen molar-refractivity contribution < 1.29 is 9.53 Å². The summed E-state index contributed by atoms with van der Waals surface area (Å²) in [6, 6.07) is 5.04. The SMILES string of the molecule is CCOc1cc(N)ccc1C(=O)N(C)C. The number of rotatable bonds is 3. The molecule has 0 atom stereocenters. The van der Waals surface area contributed by atoms with Crippen molar-refractivity contribution >= 4 is 11.6 Å². The summed E-state index contributed by atoms with van der Waals surface area (Å²) in [6.45, 7) is 2.38. The Balaban J connectivity index is 3.10. The smallest absolute Gasteiger partial charge is 0.257 e. The maximum atomic E-state index is 11.8. The molecule has 1 aromatic carbocycles. The number of nitrogen functional groups attached to an aromatic ring is 1. The number of anilines is 1. The van der Waals surface area contributed by atoms with Crippen LogP contribution in [0.25, 0.3) is 0 Å². The average Bonchev–Trinajstić information content (AvgIpc) is 2.17. The second kappa shape index (κ2) is 4.68. The topological polar surface area (TPSA) is 55.6 Å². The molecular weight excluding hydrogens is 192 g/mol. The fourth-order valence-electron chi connectivity index (χ4n) is 1.23. The minimum Gasteiger partial charge on any atom is -0.493 e. The normalized spacial score (nSPS) is 9.80. The summed E-state index contributed by atoms with van der Waals surface area (Å²) < 4.78 is 5.36. The van der Waals surface area contributed by atoms with Crippen LogP contribution in [0.5, 0.6) is 5.75 Å². The van der Waals surface area contributed by atoms with Crippen LogP contribution >= 0.6 is 0 Å². The summed E-state index contributed by atoms with van der Waals surface area (Å²) in [4.78, 5) is 13.3. The summed E-state index contributed by atoms with van der Waals surface area (Å²) >= 11 is 0. The summed E-state index contributed by atoms with van der Waals surface area (Å²) in [5.74, 6) is 0.453. The third kappa shape index (κ3) is 2.62. The minimum absolute atomic E-state index is 0.0848. The number of carbonyl (C=O) groups is 1. The minimum atomic E-state index is -0.0848. The van der Waals surface area contributed by atoms with Crippen LogP contribution in [0.4, 0.5) is 5.69 Å². The summed E-state index contributed by atoms with van der Waals surface area (Å²) in [6.07, 6.45) is 0. The highest BCUT2D eigenvalue weighted by Crippen LogP contribution is 2.22. The van der Waals surface area contributed by atoms with Gasteiger partial charge in [-0.3, -0.25) is 4.79 Å². The highest BCUT2D eigenvalue weighted by molar-refractivity contribution is 5.97. The molecule has 0 bridgehead atoms. The molecule has 0 saturated heterocycles. The van der Waals surface area contributed by atoms with E-state index in [0.717, 1.165) is 0 Å². The van der Waals surface area contributed by atoms with Crippen LogP contribution in [0.3, 0.4) is 0 Å². The molecule has 0 fully saturated rings. The standard InChI is InChI=1S/C11H16N2O2/c1-4-15-10-7-8(12)5-6-9(10)11(14)13(2)3/h5-7H,4,12H2,1-3H3. The number of hydrogen-bond acceptors (Lipinski definition) is 3. The number of nitrogens with two attached hydrogens (primary N) is 1. The number of nitrogens with zero attached hydrogens (tertiary/aromatic N) is 1. The highest BCUT2D eigenvalue weighted by atomic mass is 16.5. The van der Waals surface area contributed by atoms with Crippen molar-refractivity contribution in [2.45, 2.75) is 6.92 Å². The molecule has 1 amide bonds. The van der Waals surface area contributed by atoms with Gasteiger partial charge in [-0.2, -0.15) is 0 Å². The predicted molar refractivity (Wildman–Crippen MR) is 60.0 cm³/mol. The van der Waals surface area contributed by atoms with E-state index in [1.54, 1.807) is 32.3 Å². The molecule has 0 aliphatic carbocycles. The number of carbonyl (C=O) groups excluding carboxylic acids is 1. The van der Waals surface area contributed by atoms with Gasteiger partial charge >= 0.3 is 0 Å². The van der Waals surface area contributed by atoms with E-state index < -0.39 is 0 Å². The zero-order valence-electron chi connectivity index (χ0n) is 9.28. The first-order valence-electron chi connectivity index (χ1n) is 4.80. The maximum Gasteiger partial charge on any atom is 0.257 e. The van der Waals surface area contributed by atoms with Gasteiger partial charge in [0.25, 0.3) is 5.91 Å². The molecule has 0 aliphatic rings. The molecule has 2 N–H and O–H groups in total. The van der Waals surface area contributed by atoms with Gasteiger partial charge in [0.2, 0.25) is 0 Å². The van der Waals surface area contributed by atoms with Gasteiger partial charge in [0, 0.05) is 25.8 Å². The Kier molecular flexibility index (Phi) is 3.55. The Morgan fingerprint density at radius 1 is 1.47 bits per heavy atom. The summed E-state index contributed by atoms with van der Waals surface area (Å²) in [7, 11) is 3.41. The van der Waals surface area contributed by atoms with Crippen LogP contribution in [-0.2, 0) is 0 Å². The number of benzene rings is 1. The first-order chi connectivity index (χ1) is 7.06. The Morgan fingerprint density at radius 3 is 2.67 bits per heavy atom. The zero-order chi connectivity index (χ0) is 11.4. The van der Waals surface area contributed by atoms with Crippen molar-refractivity contribution in [3.63, 3.8) is 0 Å². The molecule has 15 heavy (non-hydrogen) atoms. The molecule has 82 valence electrons. The fraction of sp³-hybridized carbons (Fsp3) is 0.364. The van der Waals surface area contributed by atoms with Crippen LogP contribution in [-0.4, -0.2) is 31.5 Å². The maximum absolute atomic E-state index is 11.8. The third-order valence-corrected chi connectivity index (χ3v) is 1.94. The molecule has 1 aromatic rings. The first kappa shape index (κ1) is 11.4. The molecule has 0 radical (unpaired) electrons. The van der Waals surface area contributed by atoms with Gasteiger partial charge in [0.1, 0.15) is 5.75 Å². The average molecular weight is 208 g/mol. The zero-order valence-corrected chi connectivity index (χ0v) is 9.28. The molecule has 4 nitrogen and oxygen atoms in total. The van der Waals surface area contributed by atoms with E-state index in [4.69, 9.17) is 10.5 Å². The lowest BCUT2D eigenvalue weighted by Gasteiger charge is -2.14. The van der Waals surface area contributed by atoms with E-state index in [-0.39, 0.29) is 5.91 Å². The largest absolute Gasteiger partial charge is 0.493 e. The molecule has 4 heteroatoms. The lowest BCUT2D eigenvalue weighted by Crippen LogP contribution is -2.22. The van der Waals surface area contributed by atoms with Crippen molar-refractivity contribution in [3.8, 4) is 5.75 Å². The van der Waals surface area contributed by atoms with Gasteiger partial charge in [-0.05, 0) is 19.1 Å². The van der Waals surface area contributed by atoms with E-state index in [1.165, 1.54) is 4.90 Å². The monoisotopic (exact) mass is 208 g/mol. The summed E-state index contributed by atoms with van der Waals surface area (Å²) in [5, 5.41) is 0. The predicted octanol–water partition coefficient (Wildman–Crippen LogP) is 1.37. The van der Waals surface area contributed by atoms with Crippen LogP contribution in [0, 0.1) is 0 Å². The highest BCUT2D eigenvalue weighted by Gasteiger charge is 2.14. The Morgan fingerprint density at radius 2 is 2.13 bits per heavy atom. The van der Waals surface area contributed by atoms with Crippen LogP contribution in [0.15, 0.2) is 18.2 Å². The Bertz CT molecular complexity index is 362. The van der Waals surface area contributed by atoms with Crippen molar-refractivity contribution in [2.24, 2.45) is 0 Å². The van der Waals surface area contributed by atoms with Crippen molar-refractivity contribution in [1.29, 1.82) is 0 Å². The Hall–Kier alpha value is -1.71. The second-order valence-corrected chi connectivity index (χ2v) is 3.39. The van der Waals surface area contributed by atoms with E-state index in [1.807, 2.05) is 6.92 Å². The van der Waals surface area contributed by atoms with Gasteiger partial charge in [0.05, 0.1) is 12.2 Å². The molecule has 0 spiro atoms. The van der Waals surface area contributed by atoms with E-state index >= 15 is 0 Å². The lowest BCUT2D eigenvalue weighted by molar-refractivity contribution is 0.0823. The molecule has 0 unspecified atom stereocenters. The van der Waals surface area contributed by atoms with E-state index in [2.05, 4.69) is 0 Å². The molecular formula is C11H16N2O2. The van der Waals surface area contributed by atoms with Gasteiger partial charge in [-0.15, -0.1) is 0 Å². The molecule has 0 saturated carbocycles. The lowest BCUT2D eigenvalue weighted by atomic mass is 10.1. The van der Waals surface area contributed by atoms with Gasteiger partial charge in [0.15, 0.2) is 0 Å². The van der Waals surface area contributed by atoms with E-state index in [0.29, 0.717) is 23.6 Å². The molecule has 1 rings (SSSR count). The van der Waals surface area contributed by atoms with Crippen LogP contribution in [0.1, 0.15) is 17.3 Å². The molecule has 0 heterocycles. The molecule has 0 aliphatic heterocycles. The Labute approximate surface area is 89.6 Å². The van der Waals surface area contributed by atoms with Crippen molar-refractivity contribution in [2.75, 3.05) is 26.4 Å². The number of ether oxygens (including phenoxy) is 1. The van der Waals surface area contributed by atoms with Crippen LogP contribution < -0.4 is 10.5 Å². The number of amides is 1. The van der Waals surface area contributed by atoms with Crippen molar-refractivity contribution in [1.82, 2.24) is 4.90 Å². The third-order valence-electron chi connectivity index (χ3n) is 1.94. The quantitative estimate of drug-likeness (QED) is 0.763.